The molecule has 3 heterocycles. The molecule has 10 heteroatoms. The first-order chi connectivity index (χ1) is 14.4. The molecule has 0 unspecified atom stereocenters. The monoisotopic (exact) mass is 426 g/mol. The smallest absolute Gasteiger partial charge is 0.286 e. The van der Waals surface area contributed by atoms with Gasteiger partial charge in [0.2, 0.25) is 0 Å². The minimum absolute atomic E-state index is 0.000845. The Labute approximate surface area is 178 Å². The van der Waals surface area contributed by atoms with E-state index >= 15 is 0 Å². The van der Waals surface area contributed by atoms with Gasteiger partial charge in [-0.25, -0.2) is 0 Å². The first-order valence-corrected chi connectivity index (χ1v) is 10.4. The number of carbonyl (C=O) groups is 1. The van der Waals surface area contributed by atoms with E-state index in [9.17, 15) is 14.9 Å². The highest BCUT2D eigenvalue weighted by atomic mass is 32.2. The van der Waals surface area contributed by atoms with Crippen LogP contribution in [0.3, 0.4) is 0 Å². The largest absolute Gasteiger partial charge is 0.348 e. The molecule has 0 atom stereocenters. The van der Waals surface area contributed by atoms with Gasteiger partial charge < -0.3 is 4.90 Å². The third kappa shape index (κ3) is 4.44. The lowest BCUT2D eigenvalue weighted by molar-refractivity contribution is -0.384. The van der Waals surface area contributed by atoms with Gasteiger partial charge in [0.1, 0.15) is 0 Å². The number of non-ortho nitro benzene ring substituents is 1. The summed E-state index contributed by atoms with van der Waals surface area (Å²) in [7, 11) is 1.93. The van der Waals surface area contributed by atoms with E-state index < -0.39 is 4.92 Å². The van der Waals surface area contributed by atoms with Crippen molar-refractivity contribution in [3.8, 4) is 0 Å². The summed E-state index contributed by atoms with van der Waals surface area (Å²) in [6, 6.07) is 6.24. The molecule has 1 saturated heterocycles. The Morgan fingerprint density at radius 2 is 2.03 bits per heavy atom. The molecule has 0 bridgehead atoms. The second kappa shape index (κ2) is 8.41. The molecule has 2 aliphatic rings. The zero-order valence-corrected chi connectivity index (χ0v) is 17.6. The van der Waals surface area contributed by atoms with Crippen LogP contribution in [0.25, 0.3) is 6.08 Å². The van der Waals surface area contributed by atoms with Crippen molar-refractivity contribution in [1.82, 2.24) is 19.6 Å². The zero-order chi connectivity index (χ0) is 21.3. The van der Waals surface area contributed by atoms with Crippen molar-refractivity contribution in [1.29, 1.82) is 0 Å². The van der Waals surface area contributed by atoms with Crippen LogP contribution in [0, 0.1) is 17.0 Å². The predicted octanol–water partition coefficient (Wildman–Crippen LogP) is 2.42. The minimum atomic E-state index is -0.444. The van der Waals surface area contributed by atoms with Gasteiger partial charge in [0.25, 0.3) is 11.6 Å². The summed E-state index contributed by atoms with van der Waals surface area (Å²) < 4.78 is 1.84. The van der Waals surface area contributed by atoms with E-state index in [1.54, 1.807) is 18.2 Å². The summed E-state index contributed by atoms with van der Waals surface area (Å²) >= 11 is 1.33. The van der Waals surface area contributed by atoms with Crippen LogP contribution in [0.15, 0.2) is 40.4 Å². The predicted molar refractivity (Wildman–Crippen MR) is 116 cm³/mol. The van der Waals surface area contributed by atoms with E-state index in [1.165, 1.54) is 29.5 Å². The van der Waals surface area contributed by atoms with Gasteiger partial charge in [-0.05, 0) is 30.3 Å². The van der Waals surface area contributed by atoms with Crippen LogP contribution in [0.4, 0.5) is 5.69 Å². The van der Waals surface area contributed by atoms with Gasteiger partial charge in [0.05, 0.1) is 15.5 Å². The average molecular weight is 427 g/mol. The van der Waals surface area contributed by atoms with Crippen LogP contribution in [-0.2, 0) is 18.4 Å². The van der Waals surface area contributed by atoms with E-state index in [4.69, 9.17) is 0 Å². The van der Waals surface area contributed by atoms with Crippen LogP contribution < -0.4 is 0 Å². The van der Waals surface area contributed by atoms with Gasteiger partial charge in [-0.2, -0.15) is 10.1 Å². The normalized spacial score (nSPS) is 18.9. The molecule has 0 radical (unpaired) electrons. The first kappa shape index (κ1) is 20.3. The maximum absolute atomic E-state index is 12.3. The highest BCUT2D eigenvalue weighted by molar-refractivity contribution is 8.18. The molecule has 9 nitrogen and oxygen atoms in total. The molecular weight excluding hydrogens is 404 g/mol. The van der Waals surface area contributed by atoms with Crippen molar-refractivity contribution in [3.63, 3.8) is 0 Å². The number of aliphatic imine (C=N–C) groups is 1. The second-order valence-corrected chi connectivity index (χ2v) is 8.35. The maximum atomic E-state index is 12.3. The summed E-state index contributed by atoms with van der Waals surface area (Å²) in [5.41, 5.74) is 2.90. The molecule has 30 heavy (non-hydrogen) atoms. The van der Waals surface area contributed by atoms with Crippen LogP contribution >= 0.6 is 11.8 Å². The molecule has 2 aromatic rings. The number of hydrogen-bond acceptors (Lipinski definition) is 7. The second-order valence-electron chi connectivity index (χ2n) is 7.34. The summed E-state index contributed by atoms with van der Waals surface area (Å²) in [6.45, 7) is 6.24. The number of hydrogen-bond donors (Lipinski definition) is 0. The highest BCUT2D eigenvalue weighted by Crippen LogP contribution is 2.31. The number of piperazine rings is 1. The fourth-order valence-corrected chi connectivity index (χ4v) is 4.52. The number of carbonyl (C=O) groups excluding carboxylic acids is 1. The van der Waals surface area contributed by atoms with Crippen LogP contribution in [0.1, 0.15) is 16.8 Å². The van der Waals surface area contributed by atoms with Gasteiger partial charge in [0.15, 0.2) is 5.17 Å². The van der Waals surface area contributed by atoms with E-state index in [0.717, 1.165) is 38.4 Å². The molecule has 1 fully saturated rings. The number of nitrogens with zero attached hydrogens (tertiary/aromatic N) is 6. The molecule has 156 valence electrons. The van der Waals surface area contributed by atoms with Gasteiger partial charge in [-0.3, -0.25) is 24.5 Å². The SMILES string of the molecule is Cc1nn(C)cc1CN1CCN(C2=NC(=O)C(=Cc3cccc([N+](=O)[O-])c3)S2)CC1. The molecule has 4 rings (SSSR count). The van der Waals surface area contributed by atoms with E-state index in [2.05, 4.69) is 26.1 Å². The van der Waals surface area contributed by atoms with E-state index in [0.29, 0.717) is 15.6 Å². The number of amides is 1. The topological polar surface area (TPSA) is 96.9 Å². The van der Waals surface area contributed by atoms with Crippen molar-refractivity contribution in [2.45, 2.75) is 13.5 Å². The summed E-state index contributed by atoms with van der Waals surface area (Å²) in [5.74, 6) is -0.296. The van der Waals surface area contributed by atoms with Crippen molar-refractivity contribution in [3.05, 3.63) is 62.3 Å². The lowest BCUT2D eigenvalue weighted by Crippen LogP contribution is -2.47. The highest BCUT2D eigenvalue weighted by Gasteiger charge is 2.28. The van der Waals surface area contributed by atoms with E-state index in [-0.39, 0.29) is 11.6 Å². The minimum Gasteiger partial charge on any atom is -0.348 e. The van der Waals surface area contributed by atoms with Crippen molar-refractivity contribution >= 4 is 34.6 Å². The average Bonchev–Trinajstić information content (AvgIpc) is 3.23. The molecule has 1 aromatic heterocycles. The van der Waals surface area contributed by atoms with Crippen LogP contribution in [-0.4, -0.2) is 61.8 Å². The number of aromatic nitrogens is 2. The molecular formula is C20H22N6O3S. The van der Waals surface area contributed by atoms with Crippen molar-refractivity contribution in [2.24, 2.45) is 12.0 Å². The van der Waals surface area contributed by atoms with Gasteiger partial charge in [-0.1, -0.05) is 12.1 Å². The number of rotatable bonds is 4. The number of nitro groups is 1. The quantitative estimate of drug-likeness (QED) is 0.421. The Morgan fingerprint density at radius 1 is 1.27 bits per heavy atom. The van der Waals surface area contributed by atoms with E-state index in [1.807, 2.05) is 18.7 Å². The lowest BCUT2D eigenvalue weighted by Gasteiger charge is -2.35. The van der Waals surface area contributed by atoms with Crippen molar-refractivity contribution in [2.75, 3.05) is 26.2 Å². The third-order valence-corrected chi connectivity index (χ3v) is 6.18. The van der Waals surface area contributed by atoms with Crippen LogP contribution in [0.5, 0.6) is 0 Å². The van der Waals surface area contributed by atoms with Gasteiger partial charge >= 0.3 is 0 Å². The molecule has 0 spiro atoms. The third-order valence-electron chi connectivity index (χ3n) is 5.14. The van der Waals surface area contributed by atoms with Gasteiger partial charge in [0, 0.05) is 63.7 Å². The first-order valence-electron chi connectivity index (χ1n) is 9.62. The summed E-state index contributed by atoms with van der Waals surface area (Å²) in [4.78, 5) is 32.0. The molecule has 0 N–H and O–H groups in total. The van der Waals surface area contributed by atoms with Crippen molar-refractivity contribution < 1.29 is 9.72 Å². The molecule has 0 saturated carbocycles. The standard InChI is InChI=1S/C20H22N6O3S/c1-14-16(12-23(2)22-14)13-24-6-8-25(9-7-24)20-21-19(27)18(30-20)11-15-4-3-5-17(10-15)26(28)29/h3-5,10-12H,6-9,13H2,1-2H3. The number of benzene rings is 1. The van der Waals surface area contributed by atoms with Crippen LogP contribution in [0.2, 0.25) is 0 Å². The molecule has 2 aliphatic heterocycles. The Kier molecular flexibility index (Phi) is 5.69. The summed E-state index contributed by atoms with van der Waals surface area (Å²) in [5, 5.41) is 16.0. The number of nitro benzene ring substituents is 1. The van der Waals surface area contributed by atoms with Gasteiger partial charge in [-0.15, -0.1) is 0 Å². The Bertz CT molecular complexity index is 1050. The Balaban J connectivity index is 1.37. The Hall–Kier alpha value is -2.98. The molecule has 1 aromatic carbocycles. The maximum Gasteiger partial charge on any atom is 0.286 e. The Morgan fingerprint density at radius 3 is 2.70 bits per heavy atom. The molecule has 0 aliphatic carbocycles. The number of thioether (sulfide) groups is 1. The zero-order valence-electron chi connectivity index (χ0n) is 16.8. The fourth-order valence-electron chi connectivity index (χ4n) is 3.55. The summed E-state index contributed by atoms with van der Waals surface area (Å²) in [6.07, 6.45) is 3.72. The molecule has 1 amide bonds. The fraction of sp³-hybridized carbons (Fsp3) is 0.350. The lowest BCUT2D eigenvalue weighted by atomic mass is 10.2. The number of amidine groups is 1. The number of aryl methyl sites for hydroxylation is 2.